The molecule has 0 spiro atoms. The van der Waals surface area contributed by atoms with Crippen molar-refractivity contribution in [3.63, 3.8) is 0 Å². The van der Waals surface area contributed by atoms with Gasteiger partial charge >= 0.3 is 0 Å². The number of aryl methyl sites for hydroxylation is 1. The van der Waals surface area contributed by atoms with Gasteiger partial charge in [-0.15, -0.1) is 0 Å². The molecule has 0 aromatic carbocycles. The summed E-state index contributed by atoms with van der Waals surface area (Å²) in [5.74, 6) is 0.534. The van der Waals surface area contributed by atoms with Gasteiger partial charge in [0.1, 0.15) is 11.3 Å². The van der Waals surface area contributed by atoms with E-state index in [1.807, 2.05) is 0 Å². The van der Waals surface area contributed by atoms with Crippen LogP contribution in [0.4, 0.5) is 0 Å². The normalized spacial score (nSPS) is 21.6. The average molecular weight is 195 g/mol. The number of nitrogens with zero attached hydrogens (tertiary/aromatic N) is 2. The molecule has 0 saturated carbocycles. The van der Waals surface area contributed by atoms with E-state index >= 15 is 0 Å². The Hall–Kier alpha value is -1.36. The Balaban J connectivity index is 2.13. The van der Waals surface area contributed by atoms with Crippen molar-refractivity contribution in [3.05, 3.63) is 17.5 Å². The maximum Gasteiger partial charge on any atom is 0.259 e. The van der Waals surface area contributed by atoms with Crippen LogP contribution in [0.1, 0.15) is 22.5 Å². The van der Waals surface area contributed by atoms with Crippen LogP contribution in [0, 0.1) is 6.92 Å². The van der Waals surface area contributed by atoms with Gasteiger partial charge in [-0.1, -0.05) is 5.16 Å². The number of hydrogen-bond acceptors (Lipinski definition) is 4. The van der Waals surface area contributed by atoms with Gasteiger partial charge in [-0.05, 0) is 13.3 Å². The molecular weight excluding hydrogens is 182 g/mol. The van der Waals surface area contributed by atoms with Gasteiger partial charge < -0.3 is 15.2 Å². The summed E-state index contributed by atoms with van der Waals surface area (Å²) >= 11 is 0. The van der Waals surface area contributed by atoms with Crippen molar-refractivity contribution >= 4 is 5.91 Å². The molecule has 1 aromatic rings. The minimum absolute atomic E-state index is 0.0308. The molecule has 1 aliphatic rings. The molecule has 1 saturated heterocycles. The van der Waals surface area contributed by atoms with Gasteiger partial charge in [0, 0.05) is 19.1 Å². The van der Waals surface area contributed by atoms with Crippen molar-refractivity contribution in [1.29, 1.82) is 0 Å². The maximum absolute atomic E-state index is 11.8. The van der Waals surface area contributed by atoms with Gasteiger partial charge in [-0.25, -0.2) is 0 Å². The molecule has 1 amide bonds. The third kappa shape index (κ3) is 1.50. The van der Waals surface area contributed by atoms with E-state index in [0.717, 1.165) is 13.0 Å². The summed E-state index contributed by atoms with van der Waals surface area (Å²) in [6.07, 6.45) is 2.33. The third-order valence-electron chi connectivity index (χ3n) is 2.49. The molecule has 76 valence electrons. The summed E-state index contributed by atoms with van der Waals surface area (Å²) in [5, 5.41) is 3.58. The quantitative estimate of drug-likeness (QED) is 0.692. The van der Waals surface area contributed by atoms with Crippen LogP contribution in [0.3, 0.4) is 0 Å². The Morgan fingerprint density at radius 1 is 1.79 bits per heavy atom. The van der Waals surface area contributed by atoms with Gasteiger partial charge in [0.25, 0.3) is 5.91 Å². The summed E-state index contributed by atoms with van der Waals surface area (Å²) in [7, 11) is 0. The molecule has 1 aromatic heterocycles. The van der Waals surface area contributed by atoms with Crippen LogP contribution in [-0.2, 0) is 0 Å². The molecule has 2 heterocycles. The van der Waals surface area contributed by atoms with Gasteiger partial charge in [-0.2, -0.15) is 0 Å². The van der Waals surface area contributed by atoms with Crippen molar-refractivity contribution in [1.82, 2.24) is 10.1 Å². The zero-order chi connectivity index (χ0) is 10.1. The van der Waals surface area contributed by atoms with Crippen molar-refractivity contribution < 1.29 is 9.32 Å². The standard InChI is InChI=1S/C9H13N3O2/c1-6-8(4-11-14-6)9(13)12-3-2-7(10)5-12/h4,7H,2-3,5,10H2,1H3/t7-/m1/s1. The highest BCUT2D eigenvalue weighted by Crippen LogP contribution is 2.14. The maximum atomic E-state index is 11.8. The molecule has 0 bridgehead atoms. The minimum Gasteiger partial charge on any atom is -0.361 e. The molecule has 0 unspecified atom stereocenters. The lowest BCUT2D eigenvalue weighted by molar-refractivity contribution is 0.0789. The fraction of sp³-hybridized carbons (Fsp3) is 0.556. The SMILES string of the molecule is Cc1oncc1C(=O)N1CC[C@@H](N)C1. The molecule has 2 N–H and O–H groups in total. The van der Waals surface area contributed by atoms with Gasteiger partial charge in [-0.3, -0.25) is 4.79 Å². The molecule has 0 radical (unpaired) electrons. The highest BCUT2D eigenvalue weighted by atomic mass is 16.5. The van der Waals surface area contributed by atoms with Gasteiger partial charge in [0.05, 0.1) is 6.20 Å². The number of carbonyl (C=O) groups is 1. The number of rotatable bonds is 1. The van der Waals surface area contributed by atoms with Gasteiger partial charge in [0.15, 0.2) is 0 Å². The summed E-state index contributed by atoms with van der Waals surface area (Å²) in [4.78, 5) is 13.6. The smallest absolute Gasteiger partial charge is 0.259 e. The molecule has 0 aliphatic carbocycles. The van der Waals surface area contributed by atoms with Crippen LogP contribution in [-0.4, -0.2) is 35.1 Å². The first kappa shape index (κ1) is 9.21. The number of nitrogens with two attached hydrogens (primary N) is 1. The van der Waals surface area contributed by atoms with E-state index in [2.05, 4.69) is 5.16 Å². The first-order valence-corrected chi connectivity index (χ1v) is 4.64. The first-order valence-electron chi connectivity index (χ1n) is 4.64. The second kappa shape index (κ2) is 3.42. The van der Waals surface area contributed by atoms with Crippen LogP contribution in [0.25, 0.3) is 0 Å². The summed E-state index contributed by atoms with van der Waals surface area (Å²) in [5.41, 5.74) is 6.26. The van der Waals surface area contributed by atoms with E-state index in [1.54, 1.807) is 11.8 Å². The summed E-state index contributed by atoms with van der Waals surface area (Å²) < 4.78 is 4.84. The van der Waals surface area contributed by atoms with E-state index in [0.29, 0.717) is 17.9 Å². The molecule has 5 heteroatoms. The molecule has 5 nitrogen and oxygen atoms in total. The highest BCUT2D eigenvalue weighted by molar-refractivity contribution is 5.94. The number of carbonyl (C=O) groups excluding carboxylic acids is 1. The molecule has 14 heavy (non-hydrogen) atoms. The predicted octanol–water partition coefficient (Wildman–Crippen LogP) is 0.156. The van der Waals surface area contributed by atoms with Crippen molar-refractivity contribution in [3.8, 4) is 0 Å². The Bertz CT molecular complexity index is 348. The third-order valence-corrected chi connectivity index (χ3v) is 2.49. The second-order valence-corrected chi connectivity index (χ2v) is 3.60. The topological polar surface area (TPSA) is 72.4 Å². The van der Waals surface area contributed by atoms with E-state index in [1.165, 1.54) is 6.20 Å². The highest BCUT2D eigenvalue weighted by Gasteiger charge is 2.26. The van der Waals surface area contributed by atoms with Gasteiger partial charge in [0.2, 0.25) is 0 Å². The monoisotopic (exact) mass is 195 g/mol. The molecule has 2 rings (SSSR count). The molecule has 1 atom stereocenters. The number of aromatic nitrogens is 1. The number of likely N-dealkylation sites (tertiary alicyclic amines) is 1. The second-order valence-electron chi connectivity index (χ2n) is 3.60. The first-order chi connectivity index (χ1) is 6.68. The Labute approximate surface area is 81.8 Å². The van der Waals surface area contributed by atoms with E-state index in [-0.39, 0.29) is 11.9 Å². The zero-order valence-electron chi connectivity index (χ0n) is 8.06. The van der Waals surface area contributed by atoms with Crippen LogP contribution < -0.4 is 5.73 Å². The minimum atomic E-state index is -0.0308. The zero-order valence-corrected chi connectivity index (χ0v) is 8.06. The number of amides is 1. The molecular formula is C9H13N3O2. The van der Waals surface area contributed by atoms with Crippen molar-refractivity contribution in [2.24, 2.45) is 5.73 Å². The fourth-order valence-corrected chi connectivity index (χ4v) is 1.65. The van der Waals surface area contributed by atoms with Crippen LogP contribution >= 0.6 is 0 Å². The lowest BCUT2D eigenvalue weighted by Gasteiger charge is -2.14. The van der Waals surface area contributed by atoms with Crippen molar-refractivity contribution in [2.75, 3.05) is 13.1 Å². The van der Waals surface area contributed by atoms with Crippen LogP contribution in [0.15, 0.2) is 10.7 Å². The van der Waals surface area contributed by atoms with Crippen LogP contribution in [0.5, 0.6) is 0 Å². The summed E-state index contributed by atoms with van der Waals surface area (Å²) in [6.45, 7) is 3.09. The predicted molar refractivity (Wildman–Crippen MR) is 49.7 cm³/mol. The lowest BCUT2D eigenvalue weighted by atomic mass is 10.2. The number of hydrogen-bond donors (Lipinski definition) is 1. The molecule has 1 fully saturated rings. The molecule has 1 aliphatic heterocycles. The van der Waals surface area contributed by atoms with E-state index in [4.69, 9.17) is 10.3 Å². The summed E-state index contributed by atoms with van der Waals surface area (Å²) in [6, 6.07) is 0.110. The Morgan fingerprint density at radius 2 is 2.57 bits per heavy atom. The lowest BCUT2D eigenvalue weighted by Crippen LogP contribution is -2.31. The largest absolute Gasteiger partial charge is 0.361 e. The van der Waals surface area contributed by atoms with Crippen LogP contribution in [0.2, 0.25) is 0 Å². The van der Waals surface area contributed by atoms with Crippen molar-refractivity contribution in [2.45, 2.75) is 19.4 Å². The van der Waals surface area contributed by atoms with E-state index < -0.39 is 0 Å². The Kier molecular flexibility index (Phi) is 2.25. The fourth-order valence-electron chi connectivity index (χ4n) is 1.65. The Morgan fingerprint density at radius 3 is 3.07 bits per heavy atom. The average Bonchev–Trinajstić information content (AvgIpc) is 2.73. The van der Waals surface area contributed by atoms with E-state index in [9.17, 15) is 4.79 Å².